The maximum atomic E-state index is 11.7. The fourth-order valence-corrected chi connectivity index (χ4v) is 2.30. The summed E-state index contributed by atoms with van der Waals surface area (Å²) >= 11 is 0. The molecule has 1 saturated carbocycles. The predicted octanol–water partition coefficient (Wildman–Crippen LogP) is 1.86. The van der Waals surface area contributed by atoms with Crippen LogP contribution in [0.15, 0.2) is 24.3 Å². The molecule has 5 nitrogen and oxygen atoms in total. The highest BCUT2D eigenvalue weighted by molar-refractivity contribution is 5.94. The number of carboxylic acid groups (broad SMARTS) is 1. The molecule has 1 aromatic rings. The SMILES string of the molecule is O=C(CNC1CCCC1)Nc1cccc(C(=O)O)c1. The molecule has 1 amide bonds. The van der Waals surface area contributed by atoms with Crippen LogP contribution in [-0.2, 0) is 4.79 Å². The van der Waals surface area contributed by atoms with E-state index >= 15 is 0 Å². The molecule has 3 N–H and O–H groups in total. The summed E-state index contributed by atoms with van der Waals surface area (Å²) in [5.74, 6) is -1.14. The van der Waals surface area contributed by atoms with Crippen LogP contribution in [0.1, 0.15) is 36.0 Å². The van der Waals surface area contributed by atoms with Crippen molar-refractivity contribution in [3.8, 4) is 0 Å². The Bertz CT molecular complexity index is 468. The third kappa shape index (κ3) is 4.06. The number of anilines is 1. The summed E-state index contributed by atoms with van der Waals surface area (Å²) in [5.41, 5.74) is 0.680. The summed E-state index contributed by atoms with van der Waals surface area (Å²) in [6.45, 7) is 0.266. The first-order valence-corrected chi connectivity index (χ1v) is 6.52. The summed E-state index contributed by atoms with van der Waals surface area (Å²) in [4.78, 5) is 22.5. The second kappa shape index (κ2) is 6.33. The molecule has 1 aliphatic carbocycles. The quantitative estimate of drug-likeness (QED) is 0.756. The molecule has 0 aliphatic heterocycles. The average Bonchev–Trinajstić information content (AvgIpc) is 2.90. The Hall–Kier alpha value is -1.88. The first-order valence-electron chi connectivity index (χ1n) is 6.52. The van der Waals surface area contributed by atoms with Gasteiger partial charge in [0, 0.05) is 11.7 Å². The largest absolute Gasteiger partial charge is 0.478 e. The zero-order valence-electron chi connectivity index (χ0n) is 10.7. The maximum absolute atomic E-state index is 11.7. The monoisotopic (exact) mass is 262 g/mol. The molecule has 0 heterocycles. The third-order valence-corrected chi connectivity index (χ3v) is 3.30. The van der Waals surface area contributed by atoms with E-state index in [1.807, 2.05) is 0 Å². The molecule has 0 radical (unpaired) electrons. The van der Waals surface area contributed by atoms with Crippen molar-refractivity contribution < 1.29 is 14.7 Å². The van der Waals surface area contributed by atoms with E-state index in [1.54, 1.807) is 12.1 Å². The van der Waals surface area contributed by atoms with Gasteiger partial charge < -0.3 is 15.7 Å². The van der Waals surface area contributed by atoms with Crippen LogP contribution in [0, 0.1) is 0 Å². The van der Waals surface area contributed by atoms with Crippen molar-refractivity contribution in [2.24, 2.45) is 0 Å². The van der Waals surface area contributed by atoms with E-state index in [0.717, 1.165) is 12.8 Å². The third-order valence-electron chi connectivity index (χ3n) is 3.30. The van der Waals surface area contributed by atoms with Gasteiger partial charge in [0.15, 0.2) is 0 Å². The Kier molecular flexibility index (Phi) is 4.52. The Morgan fingerprint density at radius 2 is 2.00 bits per heavy atom. The van der Waals surface area contributed by atoms with E-state index in [9.17, 15) is 9.59 Å². The lowest BCUT2D eigenvalue weighted by Crippen LogP contribution is -2.34. The number of carbonyl (C=O) groups is 2. The zero-order valence-corrected chi connectivity index (χ0v) is 10.7. The van der Waals surface area contributed by atoms with Crippen molar-refractivity contribution >= 4 is 17.6 Å². The van der Waals surface area contributed by atoms with E-state index < -0.39 is 5.97 Å². The molecule has 5 heteroatoms. The molecule has 1 aliphatic rings. The highest BCUT2D eigenvalue weighted by atomic mass is 16.4. The number of carboxylic acids is 1. The number of nitrogens with one attached hydrogen (secondary N) is 2. The van der Waals surface area contributed by atoms with E-state index in [0.29, 0.717) is 11.7 Å². The van der Waals surface area contributed by atoms with Crippen molar-refractivity contribution in [3.05, 3.63) is 29.8 Å². The lowest BCUT2D eigenvalue weighted by Gasteiger charge is -2.11. The van der Waals surface area contributed by atoms with Gasteiger partial charge in [0.2, 0.25) is 5.91 Å². The molecule has 0 saturated heterocycles. The number of amides is 1. The van der Waals surface area contributed by atoms with Gasteiger partial charge >= 0.3 is 5.97 Å². The lowest BCUT2D eigenvalue weighted by molar-refractivity contribution is -0.115. The van der Waals surface area contributed by atoms with Crippen LogP contribution in [-0.4, -0.2) is 29.6 Å². The first-order chi connectivity index (χ1) is 9.15. The molecule has 0 spiro atoms. The topological polar surface area (TPSA) is 78.4 Å². The van der Waals surface area contributed by atoms with E-state index in [4.69, 9.17) is 5.11 Å². The van der Waals surface area contributed by atoms with Gasteiger partial charge in [0.25, 0.3) is 0 Å². The molecule has 0 bridgehead atoms. The minimum Gasteiger partial charge on any atom is -0.478 e. The van der Waals surface area contributed by atoms with Crippen molar-refractivity contribution in [2.75, 3.05) is 11.9 Å². The first kappa shape index (κ1) is 13.5. The minimum atomic E-state index is -1.000. The number of hydrogen-bond acceptors (Lipinski definition) is 3. The molecular weight excluding hydrogens is 244 g/mol. The van der Waals surface area contributed by atoms with Crippen molar-refractivity contribution in [3.63, 3.8) is 0 Å². The molecule has 0 unspecified atom stereocenters. The summed E-state index contributed by atoms with van der Waals surface area (Å²) < 4.78 is 0. The lowest BCUT2D eigenvalue weighted by atomic mass is 10.2. The number of hydrogen-bond donors (Lipinski definition) is 3. The van der Waals surface area contributed by atoms with Crippen LogP contribution < -0.4 is 10.6 Å². The average molecular weight is 262 g/mol. The van der Waals surface area contributed by atoms with E-state index in [-0.39, 0.29) is 18.0 Å². The van der Waals surface area contributed by atoms with Crippen LogP contribution in [0.3, 0.4) is 0 Å². The highest BCUT2D eigenvalue weighted by Crippen LogP contribution is 2.17. The van der Waals surface area contributed by atoms with Gasteiger partial charge in [-0.3, -0.25) is 4.79 Å². The van der Waals surface area contributed by atoms with Crippen LogP contribution in [0.25, 0.3) is 0 Å². The van der Waals surface area contributed by atoms with Gasteiger partial charge in [-0.2, -0.15) is 0 Å². The van der Waals surface area contributed by atoms with Gasteiger partial charge in [0.1, 0.15) is 0 Å². The normalized spacial score (nSPS) is 15.4. The Morgan fingerprint density at radius 1 is 1.26 bits per heavy atom. The zero-order chi connectivity index (χ0) is 13.7. The van der Waals surface area contributed by atoms with Crippen LogP contribution in [0.4, 0.5) is 5.69 Å². The number of carbonyl (C=O) groups excluding carboxylic acids is 1. The second-order valence-corrected chi connectivity index (χ2v) is 4.80. The number of benzene rings is 1. The van der Waals surface area contributed by atoms with Gasteiger partial charge in [-0.05, 0) is 31.0 Å². The fourth-order valence-electron chi connectivity index (χ4n) is 2.30. The van der Waals surface area contributed by atoms with Crippen LogP contribution in [0.5, 0.6) is 0 Å². The summed E-state index contributed by atoms with van der Waals surface area (Å²) in [7, 11) is 0. The molecule has 0 atom stereocenters. The van der Waals surface area contributed by atoms with Gasteiger partial charge in [-0.1, -0.05) is 18.9 Å². The number of rotatable bonds is 5. The maximum Gasteiger partial charge on any atom is 0.335 e. The molecule has 102 valence electrons. The molecule has 1 fully saturated rings. The van der Waals surface area contributed by atoms with Crippen molar-refractivity contribution in [1.29, 1.82) is 0 Å². The van der Waals surface area contributed by atoms with E-state index in [2.05, 4.69) is 10.6 Å². The Morgan fingerprint density at radius 3 is 2.68 bits per heavy atom. The van der Waals surface area contributed by atoms with Crippen molar-refractivity contribution in [1.82, 2.24) is 5.32 Å². The fraction of sp³-hybridized carbons (Fsp3) is 0.429. The summed E-state index contributed by atoms with van der Waals surface area (Å²) in [6, 6.07) is 6.68. The molecular formula is C14H18N2O3. The van der Waals surface area contributed by atoms with Crippen molar-refractivity contribution in [2.45, 2.75) is 31.7 Å². The number of aromatic carboxylic acids is 1. The second-order valence-electron chi connectivity index (χ2n) is 4.80. The Balaban J connectivity index is 1.84. The van der Waals surface area contributed by atoms with Crippen LogP contribution >= 0.6 is 0 Å². The highest BCUT2D eigenvalue weighted by Gasteiger charge is 2.15. The molecule has 0 aromatic heterocycles. The van der Waals surface area contributed by atoms with Crippen LogP contribution in [0.2, 0.25) is 0 Å². The summed E-state index contributed by atoms with van der Waals surface area (Å²) in [6.07, 6.45) is 4.70. The molecule has 2 rings (SSSR count). The smallest absolute Gasteiger partial charge is 0.335 e. The minimum absolute atomic E-state index is 0.144. The Labute approximate surface area is 112 Å². The van der Waals surface area contributed by atoms with E-state index in [1.165, 1.54) is 25.0 Å². The molecule has 1 aromatic carbocycles. The van der Waals surface area contributed by atoms with Gasteiger partial charge in [-0.15, -0.1) is 0 Å². The standard InChI is InChI=1S/C14H18N2O3/c17-13(9-15-11-5-1-2-6-11)16-12-7-3-4-10(8-12)14(18)19/h3-4,7-8,11,15H,1-2,5-6,9H2,(H,16,17)(H,18,19). The van der Waals surface area contributed by atoms with Gasteiger partial charge in [-0.25, -0.2) is 4.79 Å². The predicted molar refractivity (Wildman–Crippen MR) is 72.3 cm³/mol. The summed E-state index contributed by atoms with van der Waals surface area (Å²) in [5, 5.41) is 14.8. The molecule has 19 heavy (non-hydrogen) atoms. The van der Waals surface area contributed by atoms with Gasteiger partial charge in [0.05, 0.1) is 12.1 Å².